The van der Waals surface area contributed by atoms with Crippen molar-refractivity contribution in [2.45, 2.75) is 17.9 Å². The number of benzene rings is 1. The van der Waals surface area contributed by atoms with E-state index in [1.807, 2.05) is 18.2 Å². The number of pyridine rings is 1. The van der Waals surface area contributed by atoms with Gasteiger partial charge in [-0.2, -0.15) is 0 Å². The fraction of sp³-hybridized carbons (Fsp3) is 0.312. The number of nitrogens with zero attached hydrogens (tertiary/aromatic N) is 2. The third-order valence-corrected chi connectivity index (χ3v) is 5.62. The van der Waals surface area contributed by atoms with Gasteiger partial charge in [0, 0.05) is 24.2 Å². The van der Waals surface area contributed by atoms with Crippen molar-refractivity contribution >= 4 is 37.9 Å². The van der Waals surface area contributed by atoms with Crippen molar-refractivity contribution in [3.63, 3.8) is 0 Å². The van der Waals surface area contributed by atoms with Crippen LogP contribution in [0.1, 0.15) is 12.8 Å². The van der Waals surface area contributed by atoms with E-state index in [0.717, 1.165) is 24.2 Å². The van der Waals surface area contributed by atoms with Crippen LogP contribution in [0.4, 0.5) is 5.69 Å². The molecule has 0 bridgehead atoms. The number of anilines is 1. The molecule has 116 valence electrons. The SMILES string of the molecule is C=CCS(=O)(=O)c1nc(Cl)cc2ccc(N3CCCC3)cc12. The Morgan fingerprint density at radius 2 is 2.00 bits per heavy atom. The predicted octanol–water partition coefficient (Wildman–Crippen LogP) is 3.45. The van der Waals surface area contributed by atoms with E-state index in [9.17, 15) is 8.42 Å². The number of hydrogen-bond acceptors (Lipinski definition) is 4. The number of aromatic nitrogens is 1. The van der Waals surface area contributed by atoms with E-state index in [1.54, 1.807) is 6.07 Å². The highest BCUT2D eigenvalue weighted by Gasteiger charge is 2.20. The van der Waals surface area contributed by atoms with Gasteiger partial charge in [0.25, 0.3) is 0 Å². The van der Waals surface area contributed by atoms with E-state index in [0.29, 0.717) is 5.39 Å². The van der Waals surface area contributed by atoms with Crippen LogP contribution in [0.25, 0.3) is 10.8 Å². The lowest BCUT2D eigenvalue weighted by Crippen LogP contribution is -2.17. The van der Waals surface area contributed by atoms with E-state index < -0.39 is 9.84 Å². The van der Waals surface area contributed by atoms with Gasteiger partial charge in [0.15, 0.2) is 14.9 Å². The van der Waals surface area contributed by atoms with Crippen molar-refractivity contribution in [3.8, 4) is 0 Å². The molecule has 0 aliphatic carbocycles. The van der Waals surface area contributed by atoms with Gasteiger partial charge in [-0.3, -0.25) is 0 Å². The van der Waals surface area contributed by atoms with Gasteiger partial charge >= 0.3 is 0 Å². The van der Waals surface area contributed by atoms with Crippen molar-refractivity contribution in [1.82, 2.24) is 4.98 Å². The van der Waals surface area contributed by atoms with Crippen molar-refractivity contribution in [2.24, 2.45) is 0 Å². The molecular formula is C16H17ClN2O2S. The molecule has 1 aromatic heterocycles. The van der Waals surface area contributed by atoms with Crippen LogP contribution in [0.5, 0.6) is 0 Å². The molecule has 1 saturated heterocycles. The number of fused-ring (bicyclic) bond motifs is 1. The Morgan fingerprint density at radius 1 is 1.27 bits per heavy atom. The Balaban J connectivity index is 2.21. The van der Waals surface area contributed by atoms with Gasteiger partial charge in [-0.25, -0.2) is 13.4 Å². The number of sulfone groups is 1. The molecule has 1 fully saturated rings. The average molecular weight is 337 g/mol. The van der Waals surface area contributed by atoms with Crippen LogP contribution in [0, 0.1) is 0 Å². The molecule has 0 saturated carbocycles. The second kappa shape index (κ2) is 5.89. The standard InChI is InChI=1S/C16H17ClN2O2S/c1-2-9-22(20,21)16-14-11-13(19-7-3-4-8-19)6-5-12(14)10-15(17)18-16/h2,5-6,10-11H,1,3-4,7-9H2. The molecule has 3 rings (SSSR count). The van der Waals surface area contributed by atoms with Gasteiger partial charge < -0.3 is 4.90 Å². The van der Waals surface area contributed by atoms with Gasteiger partial charge in [0.2, 0.25) is 0 Å². The van der Waals surface area contributed by atoms with E-state index in [1.165, 1.54) is 18.9 Å². The first-order chi connectivity index (χ1) is 10.5. The summed E-state index contributed by atoms with van der Waals surface area (Å²) in [5, 5.41) is 1.63. The monoisotopic (exact) mass is 336 g/mol. The number of rotatable bonds is 4. The van der Waals surface area contributed by atoms with Gasteiger partial charge in [-0.1, -0.05) is 23.7 Å². The Morgan fingerprint density at radius 3 is 2.68 bits per heavy atom. The van der Waals surface area contributed by atoms with Crippen molar-refractivity contribution in [1.29, 1.82) is 0 Å². The minimum Gasteiger partial charge on any atom is -0.372 e. The lowest BCUT2D eigenvalue weighted by Gasteiger charge is -2.18. The first-order valence-electron chi connectivity index (χ1n) is 7.20. The minimum absolute atomic E-state index is 0.0379. The molecule has 0 spiro atoms. The smallest absolute Gasteiger partial charge is 0.199 e. The maximum Gasteiger partial charge on any atom is 0.199 e. The lowest BCUT2D eigenvalue weighted by molar-refractivity contribution is 0.596. The fourth-order valence-electron chi connectivity index (χ4n) is 2.82. The molecule has 0 unspecified atom stereocenters. The van der Waals surface area contributed by atoms with Gasteiger partial charge in [0.05, 0.1) is 5.75 Å². The molecule has 1 aromatic carbocycles. The van der Waals surface area contributed by atoms with Crippen LogP contribution < -0.4 is 4.90 Å². The second-order valence-corrected chi connectivity index (χ2v) is 7.76. The van der Waals surface area contributed by atoms with Gasteiger partial charge in [-0.05, 0) is 36.4 Å². The molecule has 1 aliphatic rings. The molecule has 2 heterocycles. The summed E-state index contributed by atoms with van der Waals surface area (Å²) in [5.41, 5.74) is 1.03. The van der Waals surface area contributed by atoms with Crippen molar-refractivity contribution in [3.05, 3.63) is 42.1 Å². The first-order valence-corrected chi connectivity index (χ1v) is 9.23. The summed E-state index contributed by atoms with van der Waals surface area (Å²) in [5.74, 6) is -0.149. The van der Waals surface area contributed by atoms with Crippen LogP contribution in [0.3, 0.4) is 0 Å². The zero-order valence-electron chi connectivity index (χ0n) is 12.1. The van der Waals surface area contributed by atoms with E-state index in [4.69, 9.17) is 11.6 Å². The second-order valence-electron chi connectivity index (χ2n) is 5.42. The minimum atomic E-state index is -3.53. The van der Waals surface area contributed by atoms with Crippen LogP contribution in [-0.4, -0.2) is 32.2 Å². The number of halogens is 1. The van der Waals surface area contributed by atoms with Gasteiger partial charge in [-0.15, -0.1) is 6.58 Å². The summed E-state index contributed by atoms with van der Waals surface area (Å²) >= 11 is 5.99. The Bertz CT molecular complexity index is 827. The van der Waals surface area contributed by atoms with Crippen molar-refractivity contribution < 1.29 is 8.42 Å². The largest absolute Gasteiger partial charge is 0.372 e. The van der Waals surface area contributed by atoms with Crippen LogP contribution in [0.15, 0.2) is 41.9 Å². The molecule has 2 aromatic rings. The number of hydrogen-bond donors (Lipinski definition) is 0. The molecule has 0 atom stereocenters. The predicted molar refractivity (Wildman–Crippen MR) is 90.4 cm³/mol. The van der Waals surface area contributed by atoms with Crippen LogP contribution in [0.2, 0.25) is 5.15 Å². The lowest BCUT2D eigenvalue weighted by atomic mass is 10.1. The Hall–Kier alpha value is -1.59. The molecule has 0 N–H and O–H groups in total. The zero-order valence-corrected chi connectivity index (χ0v) is 13.7. The highest BCUT2D eigenvalue weighted by Crippen LogP contribution is 2.30. The van der Waals surface area contributed by atoms with Gasteiger partial charge in [0.1, 0.15) is 5.15 Å². The van der Waals surface area contributed by atoms with E-state index >= 15 is 0 Å². The van der Waals surface area contributed by atoms with E-state index in [2.05, 4.69) is 16.5 Å². The fourth-order valence-corrected chi connectivity index (χ4v) is 4.29. The topological polar surface area (TPSA) is 50.3 Å². The highest BCUT2D eigenvalue weighted by atomic mass is 35.5. The zero-order chi connectivity index (χ0) is 15.7. The molecule has 1 aliphatic heterocycles. The molecular weight excluding hydrogens is 320 g/mol. The normalized spacial score (nSPS) is 15.4. The third-order valence-electron chi connectivity index (χ3n) is 3.85. The summed E-state index contributed by atoms with van der Waals surface area (Å²) < 4.78 is 24.8. The summed E-state index contributed by atoms with van der Waals surface area (Å²) in [6.45, 7) is 5.51. The Kier molecular flexibility index (Phi) is 4.10. The molecule has 4 nitrogen and oxygen atoms in total. The van der Waals surface area contributed by atoms with E-state index in [-0.39, 0.29) is 15.9 Å². The summed E-state index contributed by atoms with van der Waals surface area (Å²) in [6, 6.07) is 7.51. The summed E-state index contributed by atoms with van der Waals surface area (Å²) in [7, 11) is -3.53. The molecule has 6 heteroatoms. The maximum atomic E-state index is 12.4. The Labute approximate surface area is 135 Å². The van der Waals surface area contributed by atoms with Crippen LogP contribution in [-0.2, 0) is 9.84 Å². The van der Waals surface area contributed by atoms with Crippen molar-refractivity contribution in [2.75, 3.05) is 23.7 Å². The molecule has 0 radical (unpaired) electrons. The highest BCUT2D eigenvalue weighted by molar-refractivity contribution is 7.91. The first kappa shape index (κ1) is 15.3. The summed E-state index contributed by atoms with van der Waals surface area (Å²) in [4.78, 5) is 6.33. The average Bonchev–Trinajstić information content (AvgIpc) is 3.00. The molecule has 22 heavy (non-hydrogen) atoms. The maximum absolute atomic E-state index is 12.4. The third kappa shape index (κ3) is 2.83. The van der Waals surface area contributed by atoms with Crippen LogP contribution >= 0.6 is 11.6 Å². The quantitative estimate of drug-likeness (QED) is 0.634. The summed E-state index contributed by atoms with van der Waals surface area (Å²) in [6.07, 6.45) is 3.70. The molecule has 0 amide bonds.